The number of H-pyrrole nitrogens is 1. The molecule has 1 aromatic heterocycles. The number of amides is 3. The van der Waals surface area contributed by atoms with Crippen molar-refractivity contribution in [3.05, 3.63) is 48.5 Å². The number of carbonyl (C=O) groups excluding carboxylic acids is 3. The van der Waals surface area contributed by atoms with E-state index in [1.54, 1.807) is 17.4 Å². The average molecular weight is 438 g/mol. The van der Waals surface area contributed by atoms with Crippen molar-refractivity contribution >= 4 is 23.4 Å². The molecule has 3 amide bonds. The summed E-state index contributed by atoms with van der Waals surface area (Å²) in [5.41, 5.74) is 1.59. The van der Waals surface area contributed by atoms with Gasteiger partial charge >= 0.3 is 0 Å². The first kappa shape index (κ1) is 22.0. The zero-order valence-electron chi connectivity index (χ0n) is 18.3. The van der Waals surface area contributed by atoms with Crippen LogP contribution in [0.1, 0.15) is 50.6 Å². The molecule has 3 N–H and O–H groups in total. The van der Waals surface area contributed by atoms with E-state index in [4.69, 9.17) is 0 Å². The van der Waals surface area contributed by atoms with Gasteiger partial charge in [-0.1, -0.05) is 37.5 Å². The Hall–Kier alpha value is -3.16. The van der Waals surface area contributed by atoms with E-state index in [-0.39, 0.29) is 23.6 Å². The molecule has 1 saturated heterocycles. The number of para-hydroxylation sites is 1. The average Bonchev–Trinajstić information content (AvgIpc) is 3.34. The van der Waals surface area contributed by atoms with Crippen molar-refractivity contribution < 1.29 is 14.4 Å². The fraction of sp³-hybridized carbons (Fsp3) is 0.500. The predicted molar refractivity (Wildman–Crippen MR) is 121 cm³/mol. The fourth-order valence-electron chi connectivity index (χ4n) is 4.63. The lowest BCUT2D eigenvalue weighted by molar-refractivity contribution is -0.133. The van der Waals surface area contributed by atoms with Crippen LogP contribution in [0.5, 0.6) is 0 Å². The molecule has 8 heteroatoms. The molecule has 2 aliphatic rings. The van der Waals surface area contributed by atoms with Crippen molar-refractivity contribution in [1.82, 2.24) is 20.6 Å². The topological polar surface area (TPSA) is 107 Å². The van der Waals surface area contributed by atoms with Gasteiger partial charge in [-0.05, 0) is 37.8 Å². The number of hydrogen-bond acceptors (Lipinski definition) is 4. The molecule has 1 saturated carbocycles. The largest absolute Gasteiger partial charge is 0.348 e. The zero-order valence-corrected chi connectivity index (χ0v) is 18.3. The molecule has 0 unspecified atom stereocenters. The van der Waals surface area contributed by atoms with Crippen LogP contribution in [0.15, 0.2) is 42.9 Å². The predicted octanol–water partition coefficient (Wildman–Crippen LogP) is 2.33. The van der Waals surface area contributed by atoms with E-state index in [1.807, 2.05) is 30.3 Å². The Kier molecular flexibility index (Phi) is 7.19. The summed E-state index contributed by atoms with van der Waals surface area (Å²) in [5, 5.41) is 5.86. The minimum absolute atomic E-state index is 0.0503. The molecule has 1 aliphatic heterocycles. The second kappa shape index (κ2) is 10.4. The van der Waals surface area contributed by atoms with Gasteiger partial charge in [0, 0.05) is 36.5 Å². The molecule has 0 spiro atoms. The summed E-state index contributed by atoms with van der Waals surface area (Å²) >= 11 is 0. The number of imidazole rings is 1. The first-order chi connectivity index (χ1) is 15.6. The number of anilines is 1. The summed E-state index contributed by atoms with van der Waals surface area (Å²) in [7, 11) is 0. The fourth-order valence-corrected chi connectivity index (χ4v) is 4.63. The molecule has 2 fully saturated rings. The number of nitrogens with one attached hydrogen (secondary N) is 3. The van der Waals surface area contributed by atoms with Crippen molar-refractivity contribution in [2.45, 2.75) is 63.5 Å². The Morgan fingerprint density at radius 2 is 1.88 bits per heavy atom. The molecule has 2 aromatic rings. The third-order valence-corrected chi connectivity index (χ3v) is 6.41. The molecule has 0 radical (unpaired) electrons. The van der Waals surface area contributed by atoms with Gasteiger partial charge in [0.25, 0.3) is 0 Å². The van der Waals surface area contributed by atoms with Crippen LogP contribution in [-0.4, -0.2) is 46.3 Å². The van der Waals surface area contributed by atoms with Crippen LogP contribution in [0.25, 0.3) is 0 Å². The lowest BCUT2D eigenvalue weighted by Gasteiger charge is -2.33. The summed E-state index contributed by atoms with van der Waals surface area (Å²) in [4.78, 5) is 47.9. The Morgan fingerprint density at radius 1 is 1.09 bits per heavy atom. The summed E-state index contributed by atoms with van der Waals surface area (Å²) < 4.78 is 0. The van der Waals surface area contributed by atoms with E-state index >= 15 is 0 Å². The maximum atomic E-state index is 13.2. The maximum absolute atomic E-state index is 13.2. The monoisotopic (exact) mass is 437 g/mol. The number of aromatic nitrogens is 2. The van der Waals surface area contributed by atoms with Crippen LogP contribution in [-0.2, 0) is 20.8 Å². The first-order valence-electron chi connectivity index (χ1n) is 11.6. The van der Waals surface area contributed by atoms with E-state index in [9.17, 15) is 14.4 Å². The Bertz CT molecular complexity index is 909. The van der Waals surface area contributed by atoms with Gasteiger partial charge in [0.1, 0.15) is 12.1 Å². The van der Waals surface area contributed by atoms with Gasteiger partial charge in [-0.2, -0.15) is 0 Å². The highest BCUT2D eigenvalue weighted by Gasteiger charge is 2.34. The summed E-state index contributed by atoms with van der Waals surface area (Å²) in [6.07, 6.45) is 9.84. The molecule has 4 rings (SSSR count). The number of aromatic amines is 1. The zero-order chi connectivity index (χ0) is 22.3. The smallest absolute Gasteiger partial charge is 0.249 e. The van der Waals surface area contributed by atoms with Gasteiger partial charge in [-0.15, -0.1) is 0 Å². The number of piperidine rings is 1. The molecular formula is C24H31N5O3. The highest BCUT2D eigenvalue weighted by atomic mass is 16.2. The maximum Gasteiger partial charge on any atom is 0.249 e. The van der Waals surface area contributed by atoms with Crippen molar-refractivity contribution in [1.29, 1.82) is 0 Å². The third kappa shape index (κ3) is 5.36. The van der Waals surface area contributed by atoms with Crippen LogP contribution in [0, 0.1) is 5.92 Å². The number of carbonyl (C=O) groups is 3. The lowest BCUT2D eigenvalue weighted by Crippen LogP contribution is -2.57. The summed E-state index contributed by atoms with van der Waals surface area (Å²) in [6, 6.07) is 8.13. The van der Waals surface area contributed by atoms with Gasteiger partial charge in [0.15, 0.2) is 0 Å². The standard InChI is InChI=1S/C24H31N5O3/c30-22(17-8-3-1-4-9-17)28-21(14-18-15-25-16-26-18)23(31)27-20-12-7-13-29(24(20)32)19-10-5-2-6-11-19/h2,5-6,10-11,15-17,20-21H,1,3-4,7-9,12-14H2,(H,25,26)(H,27,31)(H,28,30)/t20-,21+/m0/s1. The Morgan fingerprint density at radius 3 is 2.59 bits per heavy atom. The SMILES string of the molecule is O=C(N[C@H](Cc1cnc[nH]1)C(=O)N[C@H]1CCCN(c2ccccc2)C1=O)C1CCCCC1. The van der Waals surface area contributed by atoms with E-state index < -0.39 is 12.1 Å². The van der Waals surface area contributed by atoms with Crippen molar-refractivity contribution in [2.75, 3.05) is 11.4 Å². The van der Waals surface area contributed by atoms with E-state index in [0.717, 1.165) is 49.9 Å². The third-order valence-electron chi connectivity index (χ3n) is 6.41. The van der Waals surface area contributed by atoms with Crippen LogP contribution >= 0.6 is 0 Å². The van der Waals surface area contributed by atoms with Gasteiger partial charge in [0.05, 0.1) is 6.33 Å². The van der Waals surface area contributed by atoms with Crippen LogP contribution < -0.4 is 15.5 Å². The second-order valence-corrected chi connectivity index (χ2v) is 8.71. The number of rotatable bonds is 7. The number of hydrogen-bond donors (Lipinski definition) is 3. The normalized spacial score (nSPS) is 20.6. The van der Waals surface area contributed by atoms with Gasteiger partial charge in [0.2, 0.25) is 17.7 Å². The minimum atomic E-state index is -0.759. The van der Waals surface area contributed by atoms with Crippen LogP contribution in [0.4, 0.5) is 5.69 Å². The first-order valence-corrected chi connectivity index (χ1v) is 11.6. The van der Waals surface area contributed by atoms with E-state index in [2.05, 4.69) is 20.6 Å². The van der Waals surface area contributed by atoms with Gasteiger partial charge in [-0.3, -0.25) is 14.4 Å². The molecule has 2 heterocycles. The second-order valence-electron chi connectivity index (χ2n) is 8.71. The molecule has 1 aromatic carbocycles. The summed E-state index contributed by atoms with van der Waals surface area (Å²) in [6.45, 7) is 0.630. The lowest BCUT2D eigenvalue weighted by atomic mass is 9.88. The minimum Gasteiger partial charge on any atom is -0.348 e. The molecule has 32 heavy (non-hydrogen) atoms. The molecule has 2 atom stereocenters. The summed E-state index contributed by atoms with van der Waals surface area (Å²) in [5.74, 6) is -0.581. The van der Waals surface area contributed by atoms with E-state index in [0.29, 0.717) is 19.4 Å². The van der Waals surface area contributed by atoms with Gasteiger partial charge < -0.3 is 20.5 Å². The molecule has 8 nitrogen and oxygen atoms in total. The highest BCUT2D eigenvalue weighted by molar-refractivity contribution is 6.00. The quantitative estimate of drug-likeness (QED) is 0.618. The van der Waals surface area contributed by atoms with Crippen molar-refractivity contribution in [2.24, 2.45) is 5.92 Å². The Balaban J connectivity index is 1.43. The van der Waals surface area contributed by atoms with Crippen molar-refractivity contribution in [3.8, 4) is 0 Å². The van der Waals surface area contributed by atoms with E-state index in [1.165, 1.54) is 0 Å². The molecule has 170 valence electrons. The van der Waals surface area contributed by atoms with Crippen molar-refractivity contribution in [3.63, 3.8) is 0 Å². The van der Waals surface area contributed by atoms with Crippen LogP contribution in [0.3, 0.4) is 0 Å². The van der Waals surface area contributed by atoms with Gasteiger partial charge in [-0.25, -0.2) is 4.98 Å². The molecule has 0 bridgehead atoms. The number of benzene rings is 1. The highest BCUT2D eigenvalue weighted by Crippen LogP contribution is 2.24. The number of nitrogens with zero attached hydrogens (tertiary/aromatic N) is 2. The molecule has 1 aliphatic carbocycles. The van der Waals surface area contributed by atoms with Crippen LogP contribution in [0.2, 0.25) is 0 Å². The Labute approximate surface area is 188 Å². The molecular weight excluding hydrogens is 406 g/mol.